The van der Waals surface area contributed by atoms with Gasteiger partial charge in [-0.25, -0.2) is 0 Å². The lowest BCUT2D eigenvalue weighted by Crippen LogP contribution is -2.57. The van der Waals surface area contributed by atoms with E-state index in [1.54, 1.807) is 0 Å². The fourth-order valence-electron chi connectivity index (χ4n) is 1.61. The molecule has 1 aliphatic rings. The first-order chi connectivity index (χ1) is 6.06. The van der Waals surface area contributed by atoms with Crippen LogP contribution in [0.25, 0.3) is 0 Å². The van der Waals surface area contributed by atoms with Crippen LogP contribution in [0.2, 0.25) is 0 Å². The van der Waals surface area contributed by atoms with E-state index in [0.29, 0.717) is 5.54 Å². The maximum Gasteiger partial charge on any atom is 0.0277 e. The summed E-state index contributed by atoms with van der Waals surface area (Å²) in [5.74, 6) is 0. The van der Waals surface area contributed by atoms with Crippen molar-refractivity contribution in [3.63, 3.8) is 0 Å². The molecule has 0 atom stereocenters. The molecule has 0 bridgehead atoms. The van der Waals surface area contributed by atoms with Crippen LogP contribution in [-0.4, -0.2) is 48.6 Å². The number of nitrogens with zero attached hydrogens (tertiary/aromatic N) is 2. The van der Waals surface area contributed by atoms with Crippen molar-refractivity contribution < 1.29 is 0 Å². The van der Waals surface area contributed by atoms with Crippen LogP contribution in [0.1, 0.15) is 34.6 Å². The standard InChI is InChI=1S/C9H20N2.C2H6/c1-5-11-7-6-10(4)9(2,3)8-11;1-2/h5-8H2,1-4H3;1-2H3. The van der Waals surface area contributed by atoms with Crippen molar-refractivity contribution in [1.82, 2.24) is 9.80 Å². The Balaban J connectivity index is 0.000000671. The third-order valence-corrected chi connectivity index (χ3v) is 2.84. The summed E-state index contributed by atoms with van der Waals surface area (Å²) in [7, 11) is 2.22. The maximum atomic E-state index is 2.51. The molecule has 1 rings (SSSR count). The van der Waals surface area contributed by atoms with Gasteiger partial charge in [0.1, 0.15) is 0 Å². The molecule has 2 heteroatoms. The minimum atomic E-state index is 0.369. The van der Waals surface area contributed by atoms with Crippen LogP contribution in [0, 0.1) is 0 Å². The molecule has 1 saturated heterocycles. The first-order valence-corrected chi connectivity index (χ1v) is 5.50. The molecule has 0 aromatic heterocycles. The molecule has 0 aromatic rings. The highest BCUT2D eigenvalue weighted by molar-refractivity contribution is 4.87. The largest absolute Gasteiger partial charge is 0.301 e. The van der Waals surface area contributed by atoms with E-state index in [9.17, 15) is 0 Å². The fourth-order valence-corrected chi connectivity index (χ4v) is 1.61. The smallest absolute Gasteiger partial charge is 0.0277 e. The molecular formula is C11H26N2. The second-order valence-corrected chi connectivity index (χ2v) is 4.10. The molecule has 0 N–H and O–H groups in total. The van der Waals surface area contributed by atoms with Crippen molar-refractivity contribution in [2.45, 2.75) is 40.2 Å². The summed E-state index contributed by atoms with van der Waals surface area (Å²) in [6, 6.07) is 0. The molecule has 0 aliphatic carbocycles. The third-order valence-electron chi connectivity index (χ3n) is 2.84. The molecule has 1 heterocycles. The third kappa shape index (κ3) is 3.65. The highest BCUT2D eigenvalue weighted by atomic mass is 15.3. The number of hydrogen-bond donors (Lipinski definition) is 0. The minimum Gasteiger partial charge on any atom is -0.301 e. The van der Waals surface area contributed by atoms with Gasteiger partial charge in [0.15, 0.2) is 0 Å². The van der Waals surface area contributed by atoms with Gasteiger partial charge in [0.25, 0.3) is 0 Å². The lowest BCUT2D eigenvalue weighted by atomic mass is 10.00. The topological polar surface area (TPSA) is 6.48 Å². The van der Waals surface area contributed by atoms with Gasteiger partial charge in [-0.15, -0.1) is 0 Å². The summed E-state index contributed by atoms with van der Waals surface area (Å²) in [5.41, 5.74) is 0.369. The van der Waals surface area contributed by atoms with Crippen LogP contribution in [0.4, 0.5) is 0 Å². The van der Waals surface area contributed by atoms with Gasteiger partial charge in [-0.2, -0.15) is 0 Å². The molecule has 1 aliphatic heterocycles. The van der Waals surface area contributed by atoms with Gasteiger partial charge in [-0.05, 0) is 27.4 Å². The van der Waals surface area contributed by atoms with Gasteiger partial charge in [-0.1, -0.05) is 20.8 Å². The molecule has 80 valence electrons. The van der Waals surface area contributed by atoms with E-state index in [2.05, 4.69) is 37.6 Å². The summed E-state index contributed by atoms with van der Waals surface area (Å²) in [4.78, 5) is 4.96. The lowest BCUT2D eigenvalue weighted by molar-refractivity contribution is 0.0430. The van der Waals surface area contributed by atoms with Gasteiger partial charge in [-0.3, -0.25) is 4.90 Å². The minimum absolute atomic E-state index is 0.369. The van der Waals surface area contributed by atoms with Gasteiger partial charge in [0, 0.05) is 25.2 Å². The Morgan fingerprint density at radius 2 is 1.69 bits per heavy atom. The Morgan fingerprint density at radius 3 is 2.08 bits per heavy atom. The summed E-state index contributed by atoms with van der Waals surface area (Å²) in [6.07, 6.45) is 0. The molecule has 13 heavy (non-hydrogen) atoms. The Bertz CT molecular complexity index is 132. The average Bonchev–Trinajstić information content (AvgIpc) is 2.13. The quantitative estimate of drug-likeness (QED) is 0.618. The van der Waals surface area contributed by atoms with E-state index in [-0.39, 0.29) is 0 Å². The summed E-state index contributed by atoms with van der Waals surface area (Å²) in [5, 5.41) is 0. The van der Waals surface area contributed by atoms with Crippen LogP contribution in [0.3, 0.4) is 0 Å². The SMILES string of the molecule is CC.CCN1CCN(C)C(C)(C)C1. The second kappa shape index (κ2) is 5.61. The highest BCUT2D eigenvalue weighted by Crippen LogP contribution is 2.17. The molecule has 2 nitrogen and oxygen atoms in total. The number of hydrogen-bond acceptors (Lipinski definition) is 2. The second-order valence-electron chi connectivity index (χ2n) is 4.10. The predicted molar refractivity (Wildman–Crippen MR) is 60.2 cm³/mol. The first-order valence-electron chi connectivity index (χ1n) is 5.50. The van der Waals surface area contributed by atoms with Crippen molar-refractivity contribution >= 4 is 0 Å². The van der Waals surface area contributed by atoms with Crippen molar-refractivity contribution in [3.05, 3.63) is 0 Å². The Morgan fingerprint density at radius 1 is 1.15 bits per heavy atom. The first kappa shape index (κ1) is 12.9. The zero-order valence-corrected chi connectivity index (χ0v) is 10.2. The van der Waals surface area contributed by atoms with Crippen LogP contribution in [-0.2, 0) is 0 Å². The van der Waals surface area contributed by atoms with Crippen LogP contribution in [0.15, 0.2) is 0 Å². The van der Waals surface area contributed by atoms with Crippen molar-refractivity contribution in [2.24, 2.45) is 0 Å². The van der Waals surface area contributed by atoms with Crippen LogP contribution >= 0.6 is 0 Å². The summed E-state index contributed by atoms with van der Waals surface area (Å²) in [6.45, 7) is 15.7. The molecule has 1 fully saturated rings. The Kier molecular flexibility index (Phi) is 5.57. The van der Waals surface area contributed by atoms with Crippen molar-refractivity contribution in [1.29, 1.82) is 0 Å². The normalized spacial score (nSPS) is 23.5. The zero-order chi connectivity index (χ0) is 10.5. The monoisotopic (exact) mass is 186 g/mol. The van der Waals surface area contributed by atoms with E-state index in [4.69, 9.17) is 0 Å². The highest BCUT2D eigenvalue weighted by Gasteiger charge is 2.29. The Hall–Kier alpha value is -0.0800. The molecule has 0 spiro atoms. The van der Waals surface area contributed by atoms with Crippen LogP contribution < -0.4 is 0 Å². The van der Waals surface area contributed by atoms with Gasteiger partial charge in [0.2, 0.25) is 0 Å². The van der Waals surface area contributed by atoms with E-state index >= 15 is 0 Å². The van der Waals surface area contributed by atoms with Crippen molar-refractivity contribution in [2.75, 3.05) is 33.2 Å². The molecule has 0 aromatic carbocycles. The molecule has 0 unspecified atom stereocenters. The number of likely N-dealkylation sites (N-methyl/N-ethyl adjacent to an activating group) is 2. The predicted octanol–water partition coefficient (Wildman–Crippen LogP) is 2.06. The fraction of sp³-hybridized carbons (Fsp3) is 1.00. The Labute approximate surface area is 83.9 Å². The lowest BCUT2D eigenvalue weighted by Gasteiger charge is -2.45. The van der Waals surface area contributed by atoms with Gasteiger partial charge >= 0.3 is 0 Å². The van der Waals surface area contributed by atoms with Crippen molar-refractivity contribution in [3.8, 4) is 0 Å². The van der Waals surface area contributed by atoms with E-state index in [1.807, 2.05) is 13.8 Å². The summed E-state index contributed by atoms with van der Waals surface area (Å²) < 4.78 is 0. The zero-order valence-electron chi connectivity index (χ0n) is 10.2. The van der Waals surface area contributed by atoms with E-state index in [1.165, 1.54) is 26.2 Å². The van der Waals surface area contributed by atoms with Gasteiger partial charge < -0.3 is 4.90 Å². The number of rotatable bonds is 1. The molecular weight excluding hydrogens is 160 g/mol. The summed E-state index contributed by atoms with van der Waals surface area (Å²) >= 11 is 0. The van der Waals surface area contributed by atoms with E-state index in [0.717, 1.165) is 0 Å². The van der Waals surface area contributed by atoms with E-state index < -0.39 is 0 Å². The molecule has 0 saturated carbocycles. The molecule has 0 amide bonds. The number of piperazine rings is 1. The maximum absolute atomic E-state index is 2.51. The van der Waals surface area contributed by atoms with Crippen LogP contribution in [0.5, 0.6) is 0 Å². The molecule has 0 radical (unpaired) electrons. The average molecular weight is 186 g/mol. The van der Waals surface area contributed by atoms with Gasteiger partial charge in [0.05, 0.1) is 0 Å².